The molecule has 0 unspecified atom stereocenters. The lowest BCUT2D eigenvalue weighted by Crippen LogP contribution is -2.50. The van der Waals surface area contributed by atoms with Crippen LogP contribution in [0.5, 0.6) is 0 Å². The zero-order chi connectivity index (χ0) is 12.1. The predicted molar refractivity (Wildman–Crippen MR) is 59.9 cm³/mol. The molecule has 7 heteroatoms. The van der Waals surface area contributed by atoms with Crippen molar-refractivity contribution in [3.8, 4) is 0 Å². The Morgan fingerprint density at radius 3 is 2.88 bits per heavy atom. The fourth-order valence-electron chi connectivity index (χ4n) is 1.93. The summed E-state index contributed by atoms with van der Waals surface area (Å²) in [5, 5.41) is 11.3. The fraction of sp³-hybridized carbons (Fsp3) is 0.700. The molecule has 0 atom stereocenters. The second kappa shape index (κ2) is 5.62. The number of carbonyl (C=O) groups is 1. The number of nitrogens with zero attached hydrogens (tertiary/aromatic N) is 4. The van der Waals surface area contributed by atoms with E-state index >= 15 is 0 Å². The van der Waals surface area contributed by atoms with Crippen molar-refractivity contribution in [2.24, 2.45) is 16.3 Å². The Hall–Kier alpha value is -1.63. The third-order valence-electron chi connectivity index (χ3n) is 2.83. The van der Waals surface area contributed by atoms with Gasteiger partial charge in [-0.05, 0) is 25.0 Å². The Bertz CT molecular complexity index is 323. The molecule has 7 nitrogen and oxygen atoms in total. The maximum absolute atomic E-state index is 11.6. The summed E-state index contributed by atoms with van der Waals surface area (Å²) < 4.78 is 5.02. The van der Waals surface area contributed by atoms with Crippen LogP contribution in [0.3, 0.4) is 0 Å². The largest absolute Gasteiger partial charge is 0.466 e. The van der Waals surface area contributed by atoms with Crippen molar-refractivity contribution in [1.29, 1.82) is 0 Å². The summed E-state index contributed by atoms with van der Waals surface area (Å²) in [7, 11) is 0. The number of hydrogen-bond acceptors (Lipinski definition) is 7. The standard InChI is InChI=1S/C10H17N5O2/c1-2-17-10(16)9-3-7-14(8-4-9)15-12-6-5-11-13-15/h5-6,9,12H,2-4,7-8H2,1H3. The molecule has 0 aromatic rings. The predicted octanol–water partition coefficient (Wildman–Crippen LogP) is 0.835. The van der Waals surface area contributed by atoms with E-state index in [1.807, 2.05) is 11.9 Å². The molecule has 2 aliphatic heterocycles. The van der Waals surface area contributed by atoms with Crippen molar-refractivity contribution in [1.82, 2.24) is 15.7 Å². The molecule has 0 aromatic carbocycles. The van der Waals surface area contributed by atoms with Crippen LogP contribution in [0.2, 0.25) is 0 Å². The van der Waals surface area contributed by atoms with Gasteiger partial charge in [0.05, 0.1) is 18.7 Å². The van der Waals surface area contributed by atoms with E-state index in [9.17, 15) is 4.79 Å². The first-order chi connectivity index (χ1) is 8.31. The zero-order valence-electron chi connectivity index (χ0n) is 9.87. The average molecular weight is 239 g/mol. The van der Waals surface area contributed by atoms with Gasteiger partial charge in [0.2, 0.25) is 0 Å². The first-order valence-electron chi connectivity index (χ1n) is 5.85. The van der Waals surface area contributed by atoms with Crippen LogP contribution < -0.4 is 5.43 Å². The molecule has 1 saturated heterocycles. The van der Waals surface area contributed by atoms with Gasteiger partial charge >= 0.3 is 5.97 Å². The first-order valence-corrected chi connectivity index (χ1v) is 5.85. The van der Waals surface area contributed by atoms with Crippen LogP contribution in [0.1, 0.15) is 19.8 Å². The number of piperidine rings is 1. The van der Waals surface area contributed by atoms with Gasteiger partial charge in [-0.25, -0.2) is 0 Å². The molecule has 0 radical (unpaired) electrons. The minimum Gasteiger partial charge on any atom is -0.466 e. The lowest BCUT2D eigenvalue weighted by atomic mass is 9.98. The van der Waals surface area contributed by atoms with Gasteiger partial charge in [-0.15, -0.1) is 10.3 Å². The molecule has 0 saturated carbocycles. The molecule has 0 bridgehead atoms. The van der Waals surface area contributed by atoms with Gasteiger partial charge < -0.3 is 4.74 Å². The molecule has 2 aliphatic rings. The van der Waals surface area contributed by atoms with E-state index in [-0.39, 0.29) is 11.9 Å². The second-order valence-corrected chi connectivity index (χ2v) is 3.92. The van der Waals surface area contributed by atoms with E-state index in [0.29, 0.717) is 6.61 Å². The van der Waals surface area contributed by atoms with E-state index in [1.165, 1.54) is 0 Å². The topological polar surface area (TPSA) is 69.5 Å². The summed E-state index contributed by atoms with van der Waals surface area (Å²) >= 11 is 0. The number of hydrazine groups is 2. The summed E-state index contributed by atoms with van der Waals surface area (Å²) in [6.07, 6.45) is 4.87. The molecule has 0 amide bonds. The van der Waals surface area contributed by atoms with Crippen LogP contribution in [0.25, 0.3) is 0 Å². The van der Waals surface area contributed by atoms with E-state index in [1.54, 1.807) is 17.6 Å². The van der Waals surface area contributed by atoms with Crippen molar-refractivity contribution >= 4 is 5.97 Å². The third kappa shape index (κ3) is 2.94. The van der Waals surface area contributed by atoms with Gasteiger partial charge in [-0.2, -0.15) is 5.01 Å². The van der Waals surface area contributed by atoms with E-state index in [4.69, 9.17) is 4.74 Å². The Labute approximate surface area is 100 Å². The second-order valence-electron chi connectivity index (χ2n) is 3.92. The van der Waals surface area contributed by atoms with Crippen molar-refractivity contribution in [3.05, 3.63) is 12.4 Å². The van der Waals surface area contributed by atoms with Gasteiger partial charge in [-0.3, -0.25) is 10.2 Å². The highest BCUT2D eigenvalue weighted by Crippen LogP contribution is 2.20. The summed E-state index contributed by atoms with van der Waals surface area (Å²) in [6, 6.07) is 0. The molecule has 1 fully saturated rings. The van der Waals surface area contributed by atoms with E-state index in [2.05, 4.69) is 15.8 Å². The summed E-state index contributed by atoms with van der Waals surface area (Å²) in [6.45, 7) is 3.82. The molecule has 2 heterocycles. The number of hydrogen-bond donors (Lipinski definition) is 1. The molecule has 0 aromatic heterocycles. The van der Waals surface area contributed by atoms with Gasteiger partial charge in [0, 0.05) is 19.3 Å². The van der Waals surface area contributed by atoms with Crippen molar-refractivity contribution < 1.29 is 9.53 Å². The van der Waals surface area contributed by atoms with Crippen LogP contribution in [0.4, 0.5) is 0 Å². The summed E-state index contributed by atoms with van der Waals surface area (Å²) in [5.74, 6) is -0.0660. The van der Waals surface area contributed by atoms with Crippen LogP contribution in [0, 0.1) is 5.92 Å². The van der Waals surface area contributed by atoms with Gasteiger partial charge in [0.25, 0.3) is 0 Å². The van der Waals surface area contributed by atoms with Crippen LogP contribution >= 0.6 is 0 Å². The molecule has 94 valence electrons. The summed E-state index contributed by atoms with van der Waals surface area (Å²) in [4.78, 5) is 11.6. The maximum Gasteiger partial charge on any atom is 0.309 e. The number of ether oxygens (including phenoxy) is 1. The van der Waals surface area contributed by atoms with Crippen molar-refractivity contribution in [2.45, 2.75) is 19.8 Å². The normalized spacial score (nSPS) is 21.4. The Morgan fingerprint density at radius 2 is 2.29 bits per heavy atom. The lowest BCUT2D eigenvalue weighted by Gasteiger charge is -2.36. The molecule has 0 aliphatic carbocycles. The van der Waals surface area contributed by atoms with E-state index < -0.39 is 0 Å². The Balaban J connectivity index is 1.79. The first kappa shape index (κ1) is 11.8. The highest BCUT2D eigenvalue weighted by atomic mass is 16.5. The lowest BCUT2D eigenvalue weighted by molar-refractivity contribution is -0.153. The molecule has 2 rings (SSSR count). The molecular formula is C10H17N5O2. The maximum atomic E-state index is 11.6. The number of rotatable bonds is 3. The average Bonchev–Trinajstić information content (AvgIpc) is 2.40. The highest BCUT2D eigenvalue weighted by molar-refractivity contribution is 5.72. The number of esters is 1. The molecule has 17 heavy (non-hydrogen) atoms. The van der Waals surface area contributed by atoms with Gasteiger partial charge in [-0.1, -0.05) is 0 Å². The minimum atomic E-state index is -0.0831. The van der Waals surface area contributed by atoms with E-state index in [0.717, 1.165) is 25.9 Å². The minimum absolute atomic E-state index is 0.0171. The Morgan fingerprint density at radius 1 is 1.53 bits per heavy atom. The highest BCUT2D eigenvalue weighted by Gasteiger charge is 2.28. The SMILES string of the molecule is CCOC(=O)C1CCN(N2N=NC=CN2)CC1. The van der Waals surface area contributed by atoms with Crippen molar-refractivity contribution in [3.63, 3.8) is 0 Å². The third-order valence-corrected chi connectivity index (χ3v) is 2.83. The fourth-order valence-corrected chi connectivity index (χ4v) is 1.93. The molecular weight excluding hydrogens is 222 g/mol. The number of carbonyl (C=O) groups excluding carboxylic acids is 1. The monoisotopic (exact) mass is 239 g/mol. The molecule has 1 N–H and O–H groups in total. The van der Waals surface area contributed by atoms with Gasteiger partial charge in [0.1, 0.15) is 0 Å². The van der Waals surface area contributed by atoms with Crippen LogP contribution in [-0.2, 0) is 9.53 Å². The quantitative estimate of drug-likeness (QED) is 0.739. The van der Waals surface area contributed by atoms with Gasteiger partial charge in [0.15, 0.2) is 0 Å². The van der Waals surface area contributed by atoms with Crippen LogP contribution in [-0.4, -0.2) is 35.9 Å². The Kier molecular flexibility index (Phi) is 3.92. The van der Waals surface area contributed by atoms with Crippen molar-refractivity contribution in [2.75, 3.05) is 19.7 Å². The van der Waals surface area contributed by atoms with Crippen LogP contribution in [0.15, 0.2) is 22.7 Å². The molecule has 0 spiro atoms. The zero-order valence-corrected chi connectivity index (χ0v) is 9.87. The number of nitrogens with one attached hydrogen (secondary N) is 1. The smallest absolute Gasteiger partial charge is 0.309 e. The summed E-state index contributed by atoms with van der Waals surface area (Å²) in [5.41, 5.74) is 2.96.